The molecule has 0 saturated heterocycles. The molecule has 1 aliphatic rings. The molecule has 0 bridgehead atoms. The van der Waals surface area contributed by atoms with Crippen molar-refractivity contribution in [1.82, 2.24) is 9.97 Å². The number of aromatic hydroxyl groups is 1. The number of benzene rings is 1. The molecule has 0 fully saturated rings. The Balaban J connectivity index is 1.64. The number of fused-ring (bicyclic) bond motifs is 3. The van der Waals surface area contributed by atoms with Gasteiger partial charge in [0.05, 0.1) is 18.7 Å². The van der Waals surface area contributed by atoms with E-state index in [4.69, 9.17) is 4.74 Å². The Morgan fingerprint density at radius 1 is 1.33 bits per heavy atom. The van der Waals surface area contributed by atoms with Gasteiger partial charge in [-0.1, -0.05) is 6.07 Å². The zero-order valence-corrected chi connectivity index (χ0v) is 13.9. The second-order valence-electron chi connectivity index (χ2n) is 5.53. The van der Waals surface area contributed by atoms with Gasteiger partial charge in [0.15, 0.2) is 17.3 Å². The minimum absolute atomic E-state index is 0.0646. The van der Waals surface area contributed by atoms with Gasteiger partial charge in [0.2, 0.25) is 0 Å². The number of hydrazone groups is 1. The van der Waals surface area contributed by atoms with Crippen molar-refractivity contribution in [3.05, 3.63) is 40.5 Å². The maximum atomic E-state index is 10.1. The molecule has 122 valence electrons. The van der Waals surface area contributed by atoms with E-state index in [1.165, 1.54) is 24.0 Å². The van der Waals surface area contributed by atoms with Crippen LogP contribution in [0.1, 0.15) is 22.4 Å². The molecule has 0 atom stereocenters. The zero-order chi connectivity index (χ0) is 16.5. The van der Waals surface area contributed by atoms with Crippen molar-refractivity contribution in [2.24, 2.45) is 5.10 Å². The fourth-order valence-corrected chi connectivity index (χ4v) is 4.21. The predicted molar refractivity (Wildman–Crippen MR) is 95.3 cm³/mol. The summed E-state index contributed by atoms with van der Waals surface area (Å²) in [5.41, 5.74) is 4.91. The van der Waals surface area contributed by atoms with Crippen LogP contribution in [0.3, 0.4) is 0 Å². The number of nitrogens with one attached hydrogen (secondary N) is 1. The first-order valence-corrected chi connectivity index (χ1v) is 8.50. The first-order chi connectivity index (χ1) is 11.8. The van der Waals surface area contributed by atoms with E-state index in [1.807, 2.05) is 0 Å². The summed E-state index contributed by atoms with van der Waals surface area (Å²) in [4.78, 5) is 11.1. The molecule has 2 N–H and O–H groups in total. The molecule has 0 aliphatic heterocycles. The smallest absolute Gasteiger partial charge is 0.166 e. The quantitative estimate of drug-likeness (QED) is 0.562. The van der Waals surface area contributed by atoms with Gasteiger partial charge in [0, 0.05) is 10.4 Å². The monoisotopic (exact) mass is 340 g/mol. The largest absolute Gasteiger partial charge is 0.504 e. The van der Waals surface area contributed by atoms with Gasteiger partial charge in [0.25, 0.3) is 0 Å². The normalized spacial score (nSPS) is 13.5. The molecule has 2 heterocycles. The molecule has 0 radical (unpaired) electrons. The van der Waals surface area contributed by atoms with Crippen LogP contribution >= 0.6 is 11.3 Å². The van der Waals surface area contributed by atoms with Crippen LogP contribution in [0.15, 0.2) is 29.6 Å². The fourth-order valence-electron chi connectivity index (χ4n) is 2.98. The van der Waals surface area contributed by atoms with E-state index in [0.717, 1.165) is 23.1 Å². The van der Waals surface area contributed by atoms with E-state index in [2.05, 4.69) is 20.5 Å². The van der Waals surface area contributed by atoms with E-state index in [0.29, 0.717) is 17.1 Å². The van der Waals surface area contributed by atoms with Crippen LogP contribution in [0.2, 0.25) is 0 Å². The highest BCUT2D eigenvalue weighted by molar-refractivity contribution is 7.19. The highest BCUT2D eigenvalue weighted by Crippen LogP contribution is 2.39. The first kappa shape index (κ1) is 14.9. The minimum Gasteiger partial charge on any atom is -0.504 e. The van der Waals surface area contributed by atoms with E-state index >= 15 is 0 Å². The third kappa shape index (κ3) is 2.46. The first-order valence-electron chi connectivity index (χ1n) is 7.68. The number of aryl methyl sites for hydroxylation is 2. The molecule has 7 heteroatoms. The number of hydrogen-bond donors (Lipinski definition) is 2. The van der Waals surface area contributed by atoms with Crippen LogP contribution in [0, 0.1) is 0 Å². The van der Waals surface area contributed by atoms with Crippen molar-refractivity contribution in [1.29, 1.82) is 0 Å². The van der Waals surface area contributed by atoms with Crippen LogP contribution in [0.5, 0.6) is 11.5 Å². The van der Waals surface area contributed by atoms with Crippen molar-refractivity contribution in [3.63, 3.8) is 0 Å². The standard InChI is InChI=1S/C17H16N4O2S/c1-23-12-6-2-4-10(15(12)22)8-20-21-16-14-11-5-3-7-13(11)24-17(14)19-9-18-16/h2,4,6,8-9,22H,3,5,7H2,1H3,(H,18,19,21)/b20-8+. The van der Waals surface area contributed by atoms with Crippen LogP contribution in [-0.2, 0) is 12.8 Å². The summed E-state index contributed by atoms with van der Waals surface area (Å²) in [5, 5.41) is 15.4. The lowest BCUT2D eigenvalue weighted by Crippen LogP contribution is -1.96. The average molecular weight is 340 g/mol. The molecule has 0 amide bonds. The van der Waals surface area contributed by atoms with Gasteiger partial charge in [-0.05, 0) is 37.0 Å². The molecule has 1 aromatic carbocycles. The van der Waals surface area contributed by atoms with Crippen LogP contribution in [0.25, 0.3) is 10.2 Å². The summed E-state index contributed by atoms with van der Waals surface area (Å²) < 4.78 is 5.10. The number of thiophene rings is 1. The topological polar surface area (TPSA) is 79.6 Å². The number of nitrogens with zero attached hydrogens (tertiary/aromatic N) is 3. The van der Waals surface area contributed by atoms with Crippen LogP contribution in [0.4, 0.5) is 5.82 Å². The summed E-state index contributed by atoms with van der Waals surface area (Å²) in [7, 11) is 1.52. The van der Waals surface area contributed by atoms with Gasteiger partial charge >= 0.3 is 0 Å². The Hall–Kier alpha value is -2.67. The number of phenols is 1. The number of anilines is 1. The highest BCUT2D eigenvalue weighted by Gasteiger charge is 2.20. The molecule has 0 saturated carbocycles. The van der Waals surface area contributed by atoms with E-state index in [-0.39, 0.29) is 5.75 Å². The SMILES string of the molecule is COc1cccc(/C=N/Nc2ncnc3sc4c(c23)CCC4)c1O. The Morgan fingerprint density at radius 2 is 2.25 bits per heavy atom. The molecule has 3 aromatic rings. The summed E-state index contributed by atoms with van der Waals surface area (Å²) in [6.07, 6.45) is 6.48. The summed E-state index contributed by atoms with van der Waals surface area (Å²) >= 11 is 1.74. The Bertz CT molecular complexity index is 936. The Labute approximate surface area is 142 Å². The molecular formula is C17H16N4O2S. The summed E-state index contributed by atoms with van der Waals surface area (Å²) in [6.45, 7) is 0. The summed E-state index contributed by atoms with van der Waals surface area (Å²) in [5.74, 6) is 1.19. The molecule has 2 aromatic heterocycles. The molecule has 0 unspecified atom stereocenters. The number of ether oxygens (including phenoxy) is 1. The number of hydrogen-bond acceptors (Lipinski definition) is 7. The van der Waals surface area contributed by atoms with Gasteiger partial charge in [-0.25, -0.2) is 9.97 Å². The lowest BCUT2D eigenvalue weighted by molar-refractivity contribution is 0.373. The third-order valence-corrected chi connectivity index (χ3v) is 5.33. The Morgan fingerprint density at radius 3 is 3.12 bits per heavy atom. The number of methoxy groups -OCH3 is 1. The Kier molecular flexibility index (Phi) is 3.78. The molecule has 6 nitrogen and oxygen atoms in total. The van der Waals surface area contributed by atoms with E-state index < -0.39 is 0 Å². The highest BCUT2D eigenvalue weighted by atomic mass is 32.1. The van der Waals surface area contributed by atoms with Crippen molar-refractivity contribution in [2.45, 2.75) is 19.3 Å². The third-order valence-electron chi connectivity index (χ3n) is 4.13. The number of para-hydroxylation sites is 1. The fraction of sp³-hybridized carbons (Fsp3) is 0.235. The number of aromatic nitrogens is 2. The maximum absolute atomic E-state index is 10.1. The molecule has 4 rings (SSSR count). The van der Waals surface area contributed by atoms with E-state index in [1.54, 1.807) is 42.1 Å². The lowest BCUT2D eigenvalue weighted by Gasteiger charge is -2.05. The lowest BCUT2D eigenvalue weighted by atomic mass is 10.2. The predicted octanol–water partition coefficient (Wildman–Crippen LogP) is 3.34. The number of rotatable bonds is 4. The van der Waals surface area contributed by atoms with E-state index in [9.17, 15) is 5.11 Å². The van der Waals surface area contributed by atoms with Crippen molar-refractivity contribution < 1.29 is 9.84 Å². The van der Waals surface area contributed by atoms with Crippen LogP contribution < -0.4 is 10.2 Å². The minimum atomic E-state index is 0.0646. The molecule has 24 heavy (non-hydrogen) atoms. The second-order valence-corrected chi connectivity index (χ2v) is 6.61. The average Bonchev–Trinajstić information content (AvgIpc) is 3.17. The van der Waals surface area contributed by atoms with Gasteiger partial charge in [-0.15, -0.1) is 11.3 Å². The maximum Gasteiger partial charge on any atom is 0.166 e. The van der Waals surface area contributed by atoms with Crippen molar-refractivity contribution in [3.8, 4) is 11.5 Å². The summed E-state index contributed by atoms with van der Waals surface area (Å²) in [6, 6.07) is 5.26. The number of phenolic OH excluding ortho intramolecular Hbond substituents is 1. The van der Waals surface area contributed by atoms with Crippen molar-refractivity contribution >= 4 is 33.6 Å². The van der Waals surface area contributed by atoms with Gasteiger partial charge in [-0.3, -0.25) is 5.43 Å². The van der Waals surface area contributed by atoms with Crippen LogP contribution in [-0.4, -0.2) is 28.4 Å². The van der Waals surface area contributed by atoms with Gasteiger partial charge in [0.1, 0.15) is 11.2 Å². The molecule has 1 aliphatic carbocycles. The van der Waals surface area contributed by atoms with Gasteiger partial charge in [-0.2, -0.15) is 5.10 Å². The molecular weight excluding hydrogens is 324 g/mol. The van der Waals surface area contributed by atoms with Gasteiger partial charge < -0.3 is 9.84 Å². The van der Waals surface area contributed by atoms with Crippen molar-refractivity contribution in [2.75, 3.05) is 12.5 Å². The zero-order valence-electron chi connectivity index (χ0n) is 13.1. The second kappa shape index (κ2) is 6.09. The molecule has 0 spiro atoms.